The summed E-state index contributed by atoms with van der Waals surface area (Å²) >= 11 is 1.54. The van der Waals surface area contributed by atoms with E-state index in [0.717, 1.165) is 33.8 Å². The van der Waals surface area contributed by atoms with Crippen molar-refractivity contribution in [3.05, 3.63) is 46.0 Å². The van der Waals surface area contributed by atoms with Gasteiger partial charge in [-0.1, -0.05) is 17.4 Å². The number of rotatable bonds is 3. The minimum Gasteiger partial charge on any atom is -0.317 e. The van der Waals surface area contributed by atoms with E-state index in [4.69, 9.17) is 0 Å². The second-order valence-corrected chi connectivity index (χ2v) is 6.51. The van der Waals surface area contributed by atoms with Crippen LogP contribution in [-0.4, -0.2) is 20.3 Å². The van der Waals surface area contributed by atoms with Crippen LogP contribution in [0.4, 0.5) is 0 Å². The Morgan fingerprint density at radius 1 is 1.22 bits per heavy atom. The van der Waals surface area contributed by atoms with Crippen molar-refractivity contribution in [3.8, 4) is 0 Å². The smallest absolute Gasteiger partial charge is 0.300 e. The molecule has 3 aromatic rings. The summed E-state index contributed by atoms with van der Waals surface area (Å²) in [5.74, 6) is -0.286. The molecule has 0 aliphatic carbocycles. The predicted molar refractivity (Wildman–Crippen MR) is 92.8 cm³/mol. The fraction of sp³-hybridized carbons (Fsp3) is 0.353. The van der Waals surface area contributed by atoms with Crippen LogP contribution < -0.4 is 4.80 Å². The topological polar surface area (TPSA) is 52.2 Å². The molecule has 1 aromatic carbocycles. The molecule has 0 atom stereocenters. The van der Waals surface area contributed by atoms with E-state index in [9.17, 15) is 4.79 Å². The number of aromatic nitrogens is 3. The normalized spacial score (nSPS) is 12.3. The number of thiazole rings is 1. The zero-order valence-corrected chi connectivity index (χ0v) is 14.6. The lowest BCUT2D eigenvalue weighted by atomic mass is 10.2. The van der Waals surface area contributed by atoms with Crippen molar-refractivity contribution < 1.29 is 4.79 Å². The molecule has 5 nitrogen and oxygen atoms in total. The van der Waals surface area contributed by atoms with Gasteiger partial charge in [0.15, 0.2) is 10.5 Å². The van der Waals surface area contributed by atoms with Gasteiger partial charge >= 0.3 is 0 Å². The Balaban J connectivity index is 2.10. The van der Waals surface area contributed by atoms with E-state index in [1.54, 1.807) is 17.4 Å². The van der Waals surface area contributed by atoms with E-state index in [0.29, 0.717) is 5.69 Å². The van der Waals surface area contributed by atoms with Crippen molar-refractivity contribution in [3.63, 3.8) is 0 Å². The molecular formula is C17H20N4OS. The lowest BCUT2D eigenvalue weighted by Gasteiger charge is -2.00. The molecule has 0 saturated carbocycles. The van der Waals surface area contributed by atoms with Gasteiger partial charge in [-0.2, -0.15) is 10.1 Å². The molecule has 1 amide bonds. The fourth-order valence-electron chi connectivity index (χ4n) is 2.65. The molecule has 0 radical (unpaired) electrons. The number of hydrogen-bond donors (Lipinski definition) is 0. The van der Waals surface area contributed by atoms with E-state index in [2.05, 4.69) is 46.7 Å². The monoisotopic (exact) mass is 328 g/mol. The van der Waals surface area contributed by atoms with Gasteiger partial charge in [0.25, 0.3) is 5.91 Å². The molecule has 0 bridgehead atoms. The van der Waals surface area contributed by atoms with E-state index in [1.807, 2.05) is 18.5 Å². The highest BCUT2D eigenvalue weighted by Crippen LogP contribution is 2.19. The molecule has 120 valence electrons. The summed E-state index contributed by atoms with van der Waals surface area (Å²) in [6.07, 6.45) is 0. The third-order valence-corrected chi connectivity index (χ3v) is 4.89. The number of benzene rings is 1. The molecule has 0 N–H and O–H groups in total. The van der Waals surface area contributed by atoms with Gasteiger partial charge in [-0.05, 0) is 51.5 Å². The van der Waals surface area contributed by atoms with Crippen LogP contribution in [0.3, 0.4) is 0 Å². The van der Waals surface area contributed by atoms with E-state index < -0.39 is 0 Å². The summed E-state index contributed by atoms with van der Waals surface area (Å²) < 4.78 is 5.03. The van der Waals surface area contributed by atoms with Gasteiger partial charge in [0, 0.05) is 18.8 Å². The van der Waals surface area contributed by atoms with Gasteiger partial charge in [0.1, 0.15) is 0 Å². The van der Waals surface area contributed by atoms with Gasteiger partial charge in [0.05, 0.1) is 10.2 Å². The summed E-state index contributed by atoms with van der Waals surface area (Å²) in [5.41, 5.74) is 3.70. The Morgan fingerprint density at radius 2 is 2.00 bits per heavy atom. The number of aryl methyl sites for hydroxylation is 4. The third kappa shape index (κ3) is 2.86. The number of nitrogens with zero attached hydrogens (tertiary/aromatic N) is 4. The van der Waals surface area contributed by atoms with E-state index >= 15 is 0 Å². The van der Waals surface area contributed by atoms with Crippen molar-refractivity contribution in [1.29, 1.82) is 0 Å². The fourth-order valence-corrected chi connectivity index (χ4v) is 3.84. The highest BCUT2D eigenvalue weighted by molar-refractivity contribution is 7.16. The standard InChI is InChI=1S/C17H20N4OS/c1-5-20-14-8-7-11(3)9-15(14)23-17(20)18-16(22)13-10-12(4)21(6-2)19-13/h7-10H,5-6H2,1-4H3. The molecule has 2 aromatic heterocycles. The first kappa shape index (κ1) is 15.7. The first-order chi connectivity index (χ1) is 11.0. The van der Waals surface area contributed by atoms with Gasteiger partial charge in [0.2, 0.25) is 0 Å². The molecule has 2 heterocycles. The molecule has 6 heteroatoms. The molecule has 3 rings (SSSR count). The lowest BCUT2D eigenvalue weighted by molar-refractivity contribution is 0.0992. The maximum absolute atomic E-state index is 12.5. The average molecular weight is 328 g/mol. The van der Waals surface area contributed by atoms with Gasteiger partial charge in [-0.3, -0.25) is 9.48 Å². The third-order valence-electron chi connectivity index (χ3n) is 3.85. The van der Waals surface area contributed by atoms with Crippen molar-refractivity contribution in [1.82, 2.24) is 14.3 Å². The second kappa shape index (κ2) is 6.12. The van der Waals surface area contributed by atoms with Crippen molar-refractivity contribution in [2.24, 2.45) is 4.99 Å². The summed E-state index contributed by atoms with van der Waals surface area (Å²) in [7, 11) is 0. The maximum Gasteiger partial charge on any atom is 0.300 e. The molecule has 0 aliphatic heterocycles. The van der Waals surface area contributed by atoms with Crippen molar-refractivity contribution in [2.75, 3.05) is 0 Å². The highest BCUT2D eigenvalue weighted by atomic mass is 32.1. The summed E-state index contributed by atoms with van der Waals surface area (Å²) in [4.78, 5) is 17.5. The van der Waals surface area contributed by atoms with Gasteiger partial charge in [-0.15, -0.1) is 0 Å². The Labute approximate surface area is 138 Å². The number of fused-ring (bicyclic) bond motifs is 1. The summed E-state index contributed by atoms with van der Waals surface area (Å²) in [5, 5.41) is 4.32. The van der Waals surface area contributed by atoms with Crippen LogP contribution in [-0.2, 0) is 13.1 Å². The summed E-state index contributed by atoms with van der Waals surface area (Å²) in [6.45, 7) is 9.60. The first-order valence-electron chi connectivity index (χ1n) is 7.77. The largest absolute Gasteiger partial charge is 0.317 e. The van der Waals surface area contributed by atoms with E-state index in [-0.39, 0.29) is 5.91 Å². The zero-order chi connectivity index (χ0) is 16.6. The first-order valence-corrected chi connectivity index (χ1v) is 8.58. The maximum atomic E-state index is 12.5. The van der Waals surface area contributed by atoms with Crippen LogP contribution in [0, 0.1) is 13.8 Å². The molecule has 0 spiro atoms. The van der Waals surface area contributed by atoms with Crippen molar-refractivity contribution >= 4 is 27.5 Å². The second-order valence-electron chi connectivity index (χ2n) is 5.50. The minimum atomic E-state index is -0.286. The van der Waals surface area contributed by atoms with Crippen LogP contribution in [0.15, 0.2) is 29.3 Å². The van der Waals surface area contributed by atoms with Crippen LogP contribution in [0.5, 0.6) is 0 Å². The zero-order valence-electron chi connectivity index (χ0n) is 13.8. The van der Waals surface area contributed by atoms with Crippen LogP contribution >= 0.6 is 11.3 Å². The SMILES string of the molecule is CCn1nc(C(=O)N=c2sc3cc(C)ccc3n2CC)cc1C. The van der Waals surface area contributed by atoms with Gasteiger partial charge < -0.3 is 4.57 Å². The van der Waals surface area contributed by atoms with Crippen molar-refractivity contribution in [2.45, 2.75) is 40.8 Å². The molecule has 23 heavy (non-hydrogen) atoms. The number of carbonyl (C=O) groups excluding carboxylic acids is 1. The highest BCUT2D eigenvalue weighted by Gasteiger charge is 2.12. The number of amides is 1. The molecular weight excluding hydrogens is 308 g/mol. The minimum absolute atomic E-state index is 0.286. The Bertz CT molecular complexity index is 945. The Hall–Kier alpha value is -2.21. The van der Waals surface area contributed by atoms with Crippen LogP contribution in [0.1, 0.15) is 35.6 Å². The number of carbonyl (C=O) groups is 1. The Morgan fingerprint density at radius 3 is 2.65 bits per heavy atom. The predicted octanol–water partition coefficient (Wildman–Crippen LogP) is 3.30. The molecule has 0 aliphatic rings. The molecule has 0 fully saturated rings. The Kier molecular flexibility index (Phi) is 4.17. The van der Waals surface area contributed by atoms with Crippen LogP contribution in [0.25, 0.3) is 10.2 Å². The summed E-state index contributed by atoms with van der Waals surface area (Å²) in [6, 6.07) is 8.10. The number of hydrogen-bond acceptors (Lipinski definition) is 3. The quantitative estimate of drug-likeness (QED) is 0.741. The van der Waals surface area contributed by atoms with E-state index in [1.165, 1.54) is 5.56 Å². The molecule has 0 saturated heterocycles. The molecule has 0 unspecified atom stereocenters. The lowest BCUT2D eigenvalue weighted by Crippen LogP contribution is -2.16. The van der Waals surface area contributed by atoms with Crippen LogP contribution in [0.2, 0.25) is 0 Å². The van der Waals surface area contributed by atoms with Gasteiger partial charge in [-0.25, -0.2) is 0 Å². The average Bonchev–Trinajstić information content (AvgIpc) is 3.06.